The van der Waals surface area contributed by atoms with Gasteiger partial charge in [0, 0.05) is 18.2 Å². The van der Waals surface area contributed by atoms with E-state index in [-0.39, 0.29) is 16.7 Å². The van der Waals surface area contributed by atoms with Gasteiger partial charge in [-0.25, -0.2) is 0 Å². The number of nitrogens with zero attached hydrogens (tertiary/aromatic N) is 1. The van der Waals surface area contributed by atoms with Crippen molar-refractivity contribution in [1.82, 2.24) is 0 Å². The van der Waals surface area contributed by atoms with Crippen LogP contribution >= 0.6 is 0 Å². The number of hydrogen-bond acceptors (Lipinski definition) is 3. The van der Waals surface area contributed by atoms with Gasteiger partial charge < -0.3 is 5.73 Å². The summed E-state index contributed by atoms with van der Waals surface area (Å²) < 4.78 is 0. The van der Waals surface area contributed by atoms with Crippen molar-refractivity contribution < 1.29 is 4.92 Å². The van der Waals surface area contributed by atoms with Crippen LogP contribution in [0.25, 0.3) is 0 Å². The lowest BCUT2D eigenvalue weighted by Gasteiger charge is -2.24. The Labute approximate surface area is 102 Å². The first kappa shape index (κ1) is 13.6. The molecule has 1 aromatic carbocycles. The van der Waals surface area contributed by atoms with E-state index in [1.165, 1.54) is 6.07 Å². The van der Waals surface area contributed by atoms with Crippen LogP contribution in [0.3, 0.4) is 0 Å². The highest BCUT2D eigenvalue weighted by Crippen LogP contribution is 2.22. The number of hydrogen-bond donors (Lipinski definition) is 1. The molecule has 1 rings (SSSR count). The Kier molecular flexibility index (Phi) is 4.63. The van der Waals surface area contributed by atoms with Gasteiger partial charge in [-0.3, -0.25) is 10.1 Å². The molecule has 0 saturated heterocycles. The van der Waals surface area contributed by atoms with Crippen LogP contribution in [0, 0.1) is 22.0 Å². The Bertz CT molecular complexity index is 381. The third kappa shape index (κ3) is 3.82. The minimum atomic E-state index is -0.361. The Hall–Kier alpha value is -1.42. The lowest BCUT2D eigenvalue weighted by atomic mass is 9.84. The third-order valence-corrected chi connectivity index (χ3v) is 3.12. The molecule has 0 spiro atoms. The van der Waals surface area contributed by atoms with Crippen molar-refractivity contribution in [2.24, 2.45) is 17.6 Å². The first-order valence-electron chi connectivity index (χ1n) is 5.90. The molecule has 4 heteroatoms. The fourth-order valence-corrected chi connectivity index (χ4v) is 2.10. The van der Waals surface area contributed by atoms with Gasteiger partial charge in [0.25, 0.3) is 5.69 Å². The zero-order valence-corrected chi connectivity index (χ0v) is 10.6. The van der Waals surface area contributed by atoms with E-state index in [2.05, 4.69) is 13.8 Å². The second kappa shape index (κ2) is 5.77. The SMILES string of the molecule is CC(C)C(Cc1cccc([N+](=O)[O-])c1)C(C)N. The summed E-state index contributed by atoms with van der Waals surface area (Å²) in [5.41, 5.74) is 7.08. The lowest BCUT2D eigenvalue weighted by molar-refractivity contribution is -0.384. The Morgan fingerprint density at radius 2 is 2.00 bits per heavy atom. The van der Waals surface area contributed by atoms with E-state index in [9.17, 15) is 10.1 Å². The smallest absolute Gasteiger partial charge is 0.269 e. The van der Waals surface area contributed by atoms with Crippen molar-refractivity contribution in [1.29, 1.82) is 0 Å². The summed E-state index contributed by atoms with van der Waals surface area (Å²) in [6, 6.07) is 6.89. The standard InChI is InChI=1S/C13H20N2O2/c1-9(2)13(10(3)14)8-11-5-4-6-12(7-11)15(16)17/h4-7,9-10,13H,8,14H2,1-3H3. The van der Waals surface area contributed by atoms with Gasteiger partial charge in [-0.05, 0) is 30.7 Å². The molecule has 0 aliphatic carbocycles. The average molecular weight is 236 g/mol. The summed E-state index contributed by atoms with van der Waals surface area (Å²) in [6.45, 7) is 6.25. The van der Waals surface area contributed by atoms with Crippen molar-refractivity contribution >= 4 is 5.69 Å². The maximum atomic E-state index is 10.7. The van der Waals surface area contributed by atoms with Crippen molar-refractivity contribution in [2.45, 2.75) is 33.2 Å². The van der Waals surface area contributed by atoms with E-state index in [1.807, 2.05) is 13.0 Å². The highest BCUT2D eigenvalue weighted by Gasteiger charge is 2.19. The van der Waals surface area contributed by atoms with Crippen molar-refractivity contribution in [2.75, 3.05) is 0 Å². The van der Waals surface area contributed by atoms with Crippen LogP contribution in [0.5, 0.6) is 0 Å². The van der Waals surface area contributed by atoms with Crippen LogP contribution in [0.2, 0.25) is 0 Å². The van der Waals surface area contributed by atoms with Crippen LogP contribution in [-0.4, -0.2) is 11.0 Å². The van der Waals surface area contributed by atoms with Gasteiger partial charge in [0.1, 0.15) is 0 Å². The summed E-state index contributed by atoms with van der Waals surface area (Å²) in [4.78, 5) is 10.3. The van der Waals surface area contributed by atoms with Crippen molar-refractivity contribution in [3.8, 4) is 0 Å². The summed E-state index contributed by atoms with van der Waals surface area (Å²) >= 11 is 0. The minimum absolute atomic E-state index is 0.0919. The van der Waals surface area contributed by atoms with E-state index in [4.69, 9.17) is 5.73 Å². The molecule has 2 N–H and O–H groups in total. The zero-order chi connectivity index (χ0) is 13.0. The molecule has 0 aliphatic rings. The monoisotopic (exact) mass is 236 g/mol. The molecular formula is C13H20N2O2. The second-order valence-corrected chi connectivity index (χ2v) is 4.90. The molecule has 0 aliphatic heterocycles. The molecular weight excluding hydrogens is 216 g/mol. The molecule has 94 valence electrons. The molecule has 0 bridgehead atoms. The van der Waals surface area contributed by atoms with Gasteiger partial charge in [-0.15, -0.1) is 0 Å². The van der Waals surface area contributed by atoms with Gasteiger partial charge in [0.05, 0.1) is 4.92 Å². The predicted octanol–water partition coefficient (Wildman–Crippen LogP) is 2.76. The molecule has 0 radical (unpaired) electrons. The topological polar surface area (TPSA) is 69.2 Å². The molecule has 0 fully saturated rings. The fraction of sp³-hybridized carbons (Fsp3) is 0.538. The van der Waals surface area contributed by atoms with Gasteiger partial charge in [0.2, 0.25) is 0 Å². The number of nitro groups is 1. The number of nitro benzene ring substituents is 1. The highest BCUT2D eigenvalue weighted by molar-refractivity contribution is 5.34. The van der Waals surface area contributed by atoms with Crippen LogP contribution < -0.4 is 5.73 Å². The normalized spacial score (nSPS) is 14.6. The van der Waals surface area contributed by atoms with E-state index in [0.717, 1.165) is 12.0 Å². The summed E-state index contributed by atoms with van der Waals surface area (Å²) in [5, 5.41) is 10.7. The molecule has 2 atom stereocenters. The van der Waals surface area contributed by atoms with Gasteiger partial charge in [-0.2, -0.15) is 0 Å². The summed E-state index contributed by atoms with van der Waals surface area (Å²) in [6.07, 6.45) is 0.789. The predicted molar refractivity (Wildman–Crippen MR) is 68.8 cm³/mol. The quantitative estimate of drug-likeness (QED) is 0.631. The lowest BCUT2D eigenvalue weighted by Crippen LogP contribution is -2.32. The maximum absolute atomic E-state index is 10.7. The Morgan fingerprint density at radius 3 is 2.47 bits per heavy atom. The molecule has 0 saturated carbocycles. The zero-order valence-electron chi connectivity index (χ0n) is 10.6. The second-order valence-electron chi connectivity index (χ2n) is 4.90. The van der Waals surface area contributed by atoms with E-state index in [1.54, 1.807) is 12.1 Å². The molecule has 0 aromatic heterocycles. The van der Waals surface area contributed by atoms with Crippen molar-refractivity contribution in [3.05, 3.63) is 39.9 Å². The van der Waals surface area contributed by atoms with Gasteiger partial charge in [-0.1, -0.05) is 26.0 Å². The first-order valence-corrected chi connectivity index (χ1v) is 5.90. The molecule has 2 unspecified atom stereocenters. The molecule has 0 amide bonds. The van der Waals surface area contributed by atoms with E-state index in [0.29, 0.717) is 11.8 Å². The number of benzene rings is 1. The molecule has 17 heavy (non-hydrogen) atoms. The maximum Gasteiger partial charge on any atom is 0.269 e. The van der Waals surface area contributed by atoms with Crippen LogP contribution in [-0.2, 0) is 6.42 Å². The van der Waals surface area contributed by atoms with Gasteiger partial charge in [0.15, 0.2) is 0 Å². The molecule has 0 heterocycles. The first-order chi connectivity index (χ1) is 7.91. The fourth-order valence-electron chi connectivity index (χ4n) is 2.10. The van der Waals surface area contributed by atoms with Crippen LogP contribution in [0.4, 0.5) is 5.69 Å². The number of non-ortho nitro benzene ring substituents is 1. The Balaban J connectivity index is 2.86. The minimum Gasteiger partial charge on any atom is -0.328 e. The average Bonchev–Trinajstić information content (AvgIpc) is 2.25. The number of rotatable bonds is 5. The molecule has 1 aromatic rings. The van der Waals surface area contributed by atoms with Crippen LogP contribution in [0.1, 0.15) is 26.3 Å². The van der Waals surface area contributed by atoms with E-state index < -0.39 is 0 Å². The number of nitrogens with two attached hydrogens (primary N) is 1. The van der Waals surface area contributed by atoms with Crippen LogP contribution in [0.15, 0.2) is 24.3 Å². The van der Waals surface area contributed by atoms with E-state index >= 15 is 0 Å². The molecule has 4 nitrogen and oxygen atoms in total. The van der Waals surface area contributed by atoms with Crippen molar-refractivity contribution in [3.63, 3.8) is 0 Å². The highest BCUT2D eigenvalue weighted by atomic mass is 16.6. The third-order valence-electron chi connectivity index (χ3n) is 3.12. The Morgan fingerprint density at radius 1 is 1.35 bits per heavy atom. The summed E-state index contributed by atoms with van der Waals surface area (Å²) in [7, 11) is 0. The summed E-state index contributed by atoms with van der Waals surface area (Å²) in [5.74, 6) is 0.811. The van der Waals surface area contributed by atoms with Gasteiger partial charge >= 0.3 is 0 Å². The largest absolute Gasteiger partial charge is 0.328 e.